The third-order valence-corrected chi connectivity index (χ3v) is 6.48. The number of piperidine rings is 1. The van der Waals surface area contributed by atoms with Crippen LogP contribution in [0.2, 0.25) is 0 Å². The van der Waals surface area contributed by atoms with Gasteiger partial charge in [-0.2, -0.15) is 4.31 Å². The lowest BCUT2D eigenvalue weighted by atomic mass is 9.92. The molecule has 0 radical (unpaired) electrons. The highest BCUT2D eigenvalue weighted by atomic mass is 32.2. The molecule has 2 saturated heterocycles. The fourth-order valence-electron chi connectivity index (χ4n) is 3.56. The molecule has 3 rings (SSSR count). The summed E-state index contributed by atoms with van der Waals surface area (Å²) in [5.74, 6) is 2.30. The lowest BCUT2D eigenvalue weighted by molar-refractivity contribution is -0.367. The maximum absolute atomic E-state index is 12.6. The van der Waals surface area contributed by atoms with E-state index in [1.807, 2.05) is 6.07 Å². The van der Waals surface area contributed by atoms with Gasteiger partial charge in [0.1, 0.15) is 11.1 Å². The Hall–Kier alpha value is -1.18. The van der Waals surface area contributed by atoms with Crippen molar-refractivity contribution in [2.24, 2.45) is 11.8 Å². The second kappa shape index (κ2) is 6.75. The van der Waals surface area contributed by atoms with Gasteiger partial charge in [0.25, 0.3) is 5.82 Å². The molecule has 128 valence electrons. The number of morpholine rings is 1. The van der Waals surface area contributed by atoms with E-state index in [4.69, 9.17) is 4.74 Å². The van der Waals surface area contributed by atoms with Crippen molar-refractivity contribution in [3.05, 3.63) is 18.3 Å². The average Bonchev–Trinajstić information content (AvgIpc) is 2.55. The van der Waals surface area contributed by atoms with Gasteiger partial charge in [-0.15, -0.1) is 0 Å². The predicted molar refractivity (Wildman–Crippen MR) is 87.7 cm³/mol. The summed E-state index contributed by atoms with van der Waals surface area (Å²) in [7, 11) is -3.43. The highest BCUT2D eigenvalue weighted by molar-refractivity contribution is 7.89. The van der Waals surface area contributed by atoms with Crippen molar-refractivity contribution in [2.75, 3.05) is 44.3 Å². The van der Waals surface area contributed by atoms with Crippen molar-refractivity contribution >= 4 is 15.8 Å². The number of H-pyrrole nitrogens is 1. The van der Waals surface area contributed by atoms with Crippen molar-refractivity contribution < 1.29 is 18.1 Å². The smallest absolute Gasteiger partial charge is 0.274 e. The van der Waals surface area contributed by atoms with Crippen LogP contribution in [-0.4, -0.2) is 52.1 Å². The van der Waals surface area contributed by atoms with Crippen LogP contribution in [0.4, 0.5) is 5.82 Å². The molecule has 7 heteroatoms. The van der Waals surface area contributed by atoms with Crippen molar-refractivity contribution in [2.45, 2.75) is 25.2 Å². The molecule has 2 atom stereocenters. The van der Waals surface area contributed by atoms with Crippen molar-refractivity contribution in [1.29, 1.82) is 0 Å². The number of rotatable bonds is 3. The number of nitrogens with zero attached hydrogens (tertiary/aromatic N) is 2. The molecule has 0 unspecified atom stereocenters. The maximum atomic E-state index is 12.6. The topological polar surface area (TPSA) is 64.0 Å². The average molecular weight is 340 g/mol. The van der Waals surface area contributed by atoms with E-state index in [1.165, 1.54) is 10.7 Å². The first-order valence-electron chi connectivity index (χ1n) is 8.31. The number of aromatic nitrogens is 1. The summed E-state index contributed by atoms with van der Waals surface area (Å²) >= 11 is 0. The lowest BCUT2D eigenvalue weighted by Crippen LogP contribution is -2.42. The Bertz CT molecular complexity index is 616. The summed E-state index contributed by atoms with van der Waals surface area (Å²) in [5.41, 5.74) is 0. The Balaban J connectivity index is 1.76. The van der Waals surface area contributed by atoms with Gasteiger partial charge in [-0.05, 0) is 24.3 Å². The number of ether oxygens (including phenoxy) is 1. The summed E-state index contributed by atoms with van der Waals surface area (Å²) in [6, 6.07) is 3.60. The van der Waals surface area contributed by atoms with Crippen LogP contribution >= 0.6 is 0 Å². The second-order valence-corrected chi connectivity index (χ2v) is 8.72. The number of nitrogens with one attached hydrogen (secondary N) is 1. The zero-order chi connectivity index (χ0) is 16.4. The molecule has 0 spiro atoms. The molecule has 2 fully saturated rings. The van der Waals surface area contributed by atoms with Crippen LogP contribution in [0.3, 0.4) is 0 Å². The molecular formula is C16H26N3O3S+. The first-order valence-corrected chi connectivity index (χ1v) is 9.75. The minimum Gasteiger partial charge on any atom is -0.379 e. The zero-order valence-corrected chi connectivity index (χ0v) is 14.7. The van der Waals surface area contributed by atoms with Gasteiger partial charge in [0.05, 0.1) is 26.3 Å². The second-order valence-electron chi connectivity index (χ2n) is 6.78. The van der Waals surface area contributed by atoms with E-state index in [0.29, 0.717) is 43.0 Å². The predicted octanol–water partition coefficient (Wildman–Crippen LogP) is 1.00. The van der Waals surface area contributed by atoms with E-state index in [9.17, 15) is 8.42 Å². The monoisotopic (exact) mass is 340 g/mol. The van der Waals surface area contributed by atoms with Crippen LogP contribution in [-0.2, 0) is 14.8 Å². The van der Waals surface area contributed by atoms with Gasteiger partial charge in [-0.1, -0.05) is 13.8 Å². The first-order chi connectivity index (χ1) is 11.0. The Morgan fingerprint density at radius 3 is 2.35 bits per heavy atom. The van der Waals surface area contributed by atoms with E-state index in [1.54, 1.807) is 12.3 Å². The third-order valence-electron chi connectivity index (χ3n) is 4.59. The van der Waals surface area contributed by atoms with Crippen molar-refractivity contribution in [3.8, 4) is 0 Å². The third kappa shape index (κ3) is 3.67. The molecular weight excluding hydrogens is 314 g/mol. The lowest BCUT2D eigenvalue weighted by Gasteiger charge is -2.30. The van der Waals surface area contributed by atoms with Crippen LogP contribution in [0.5, 0.6) is 0 Å². The molecule has 2 aliphatic rings. The molecule has 3 heterocycles. The normalized spacial score (nSPS) is 27.1. The quantitative estimate of drug-likeness (QED) is 0.824. The molecule has 2 aliphatic heterocycles. The summed E-state index contributed by atoms with van der Waals surface area (Å²) in [4.78, 5) is 5.81. The number of hydrogen-bond acceptors (Lipinski definition) is 4. The molecule has 1 N–H and O–H groups in total. The number of pyridine rings is 1. The molecule has 1 aromatic rings. The van der Waals surface area contributed by atoms with Gasteiger partial charge >= 0.3 is 0 Å². The number of hydrogen-bond donors (Lipinski definition) is 0. The van der Waals surface area contributed by atoms with E-state index in [-0.39, 0.29) is 0 Å². The summed E-state index contributed by atoms with van der Waals surface area (Å²) in [6.45, 7) is 8.32. The Kier molecular flexibility index (Phi) is 4.89. The molecule has 0 aromatic carbocycles. The van der Waals surface area contributed by atoms with Gasteiger partial charge in [0.2, 0.25) is 10.0 Å². The van der Waals surface area contributed by atoms with Crippen molar-refractivity contribution in [3.63, 3.8) is 0 Å². The van der Waals surface area contributed by atoms with Gasteiger partial charge in [0.15, 0.2) is 0 Å². The van der Waals surface area contributed by atoms with Crippen LogP contribution < -0.4 is 9.88 Å². The van der Waals surface area contributed by atoms with Gasteiger partial charge < -0.3 is 4.74 Å². The molecule has 0 amide bonds. The summed E-state index contributed by atoms with van der Waals surface area (Å²) in [6.07, 6.45) is 2.87. The number of anilines is 1. The maximum Gasteiger partial charge on any atom is 0.274 e. The van der Waals surface area contributed by atoms with E-state index < -0.39 is 10.0 Å². The largest absolute Gasteiger partial charge is 0.379 e. The Morgan fingerprint density at radius 2 is 1.78 bits per heavy atom. The van der Waals surface area contributed by atoms with E-state index in [2.05, 4.69) is 23.7 Å². The van der Waals surface area contributed by atoms with Crippen LogP contribution in [0.25, 0.3) is 0 Å². The Labute approximate surface area is 138 Å². The fourth-order valence-corrected chi connectivity index (χ4v) is 4.93. The number of sulfonamides is 1. The van der Waals surface area contributed by atoms with E-state index >= 15 is 0 Å². The zero-order valence-electron chi connectivity index (χ0n) is 13.9. The van der Waals surface area contributed by atoms with Crippen LogP contribution in [0.1, 0.15) is 20.3 Å². The van der Waals surface area contributed by atoms with E-state index in [0.717, 1.165) is 18.9 Å². The molecule has 6 nitrogen and oxygen atoms in total. The molecule has 0 aliphatic carbocycles. The van der Waals surface area contributed by atoms with Gasteiger partial charge in [0, 0.05) is 19.2 Å². The highest BCUT2D eigenvalue weighted by Gasteiger charge is 2.30. The minimum absolute atomic E-state index is 0.321. The first kappa shape index (κ1) is 16.7. The SMILES string of the molecule is C[C@H]1C[C@H](C)CN(c2ccc(S(=O)(=O)N3CCOCC3)c[nH+]2)C1. The number of aromatic amines is 1. The summed E-state index contributed by atoms with van der Waals surface area (Å²) in [5, 5.41) is 0. The van der Waals surface area contributed by atoms with Crippen LogP contribution in [0, 0.1) is 11.8 Å². The summed E-state index contributed by atoms with van der Waals surface area (Å²) < 4.78 is 32.0. The van der Waals surface area contributed by atoms with Gasteiger partial charge in [-0.3, -0.25) is 4.90 Å². The fraction of sp³-hybridized carbons (Fsp3) is 0.688. The van der Waals surface area contributed by atoms with Crippen LogP contribution in [0.15, 0.2) is 23.2 Å². The Morgan fingerprint density at radius 1 is 1.13 bits per heavy atom. The molecule has 1 aromatic heterocycles. The standard InChI is InChI=1S/C16H25N3O3S/c1-13-9-14(2)12-18(11-13)16-4-3-15(10-17-16)23(20,21)19-5-7-22-8-6-19/h3-4,10,13-14H,5-9,11-12H2,1-2H3/p+1/t13-,14-/m0/s1. The molecule has 0 bridgehead atoms. The van der Waals surface area contributed by atoms with Gasteiger partial charge in [-0.25, -0.2) is 13.4 Å². The van der Waals surface area contributed by atoms with Crippen molar-refractivity contribution in [1.82, 2.24) is 4.31 Å². The highest BCUT2D eigenvalue weighted by Crippen LogP contribution is 2.24. The molecule has 23 heavy (non-hydrogen) atoms. The minimum atomic E-state index is -3.43. The molecule has 0 saturated carbocycles.